The van der Waals surface area contributed by atoms with Crippen molar-refractivity contribution in [1.82, 2.24) is 0 Å². The number of nitrogens with zero attached hydrogens (tertiary/aromatic N) is 1. The second-order valence-electron chi connectivity index (χ2n) is 4.78. The van der Waals surface area contributed by atoms with E-state index >= 15 is 0 Å². The zero-order chi connectivity index (χ0) is 13.8. The first-order chi connectivity index (χ1) is 9.08. The van der Waals surface area contributed by atoms with Gasteiger partial charge in [-0.1, -0.05) is 13.0 Å². The van der Waals surface area contributed by atoms with Crippen LogP contribution in [0.15, 0.2) is 36.0 Å². The minimum absolute atomic E-state index is 0.0340. The van der Waals surface area contributed by atoms with E-state index < -0.39 is 4.92 Å². The van der Waals surface area contributed by atoms with E-state index in [1.165, 1.54) is 12.1 Å². The highest BCUT2D eigenvalue weighted by Gasteiger charge is 2.22. The summed E-state index contributed by atoms with van der Waals surface area (Å²) in [4.78, 5) is 22.1. The molecule has 1 aromatic rings. The molecule has 0 bridgehead atoms. The number of carbonyl (C=O) groups excluding carboxylic acids is 1. The third-order valence-electron chi connectivity index (χ3n) is 3.32. The number of benzene rings is 1. The SMILES string of the molecule is C[C@H]1CCC/C(=C/Nc2cccc([N+](=O)[O-])c2)C1=O. The lowest BCUT2D eigenvalue weighted by molar-refractivity contribution is -0.384. The van der Waals surface area contributed by atoms with Crippen molar-refractivity contribution in [2.75, 3.05) is 5.32 Å². The van der Waals surface area contributed by atoms with Gasteiger partial charge in [-0.2, -0.15) is 0 Å². The van der Waals surface area contributed by atoms with Crippen LogP contribution in [0.1, 0.15) is 26.2 Å². The molecule has 0 radical (unpaired) electrons. The van der Waals surface area contributed by atoms with Gasteiger partial charge in [0.05, 0.1) is 4.92 Å². The maximum Gasteiger partial charge on any atom is 0.271 e. The maximum atomic E-state index is 11.9. The summed E-state index contributed by atoms with van der Waals surface area (Å²) in [5, 5.41) is 13.6. The number of anilines is 1. The number of Topliss-reactive ketones (excluding diaryl/α,β-unsaturated/α-hetero) is 1. The van der Waals surface area contributed by atoms with E-state index in [-0.39, 0.29) is 17.4 Å². The van der Waals surface area contributed by atoms with Crippen molar-refractivity contribution in [2.24, 2.45) is 5.92 Å². The maximum absolute atomic E-state index is 11.9. The molecule has 0 aromatic heterocycles. The normalized spacial score (nSPS) is 21.4. The van der Waals surface area contributed by atoms with Gasteiger partial charge < -0.3 is 5.32 Å². The molecule has 100 valence electrons. The zero-order valence-electron chi connectivity index (χ0n) is 10.8. The number of allylic oxidation sites excluding steroid dienone is 1. The highest BCUT2D eigenvalue weighted by atomic mass is 16.6. The van der Waals surface area contributed by atoms with E-state index in [1.54, 1.807) is 18.3 Å². The van der Waals surface area contributed by atoms with Gasteiger partial charge in [-0.15, -0.1) is 0 Å². The molecule has 1 aliphatic rings. The molecule has 1 saturated carbocycles. The Balaban J connectivity index is 2.11. The Bertz CT molecular complexity index is 537. The summed E-state index contributed by atoms with van der Waals surface area (Å²) in [7, 11) is 0. The van der Waals surface area contributed by atoms with Gasteiger partial charge in [0.25, 0.3) is 5.69 Å². The first kappa shape index (κ1) is 13.3. The summed E-state index contributed by atoms with van der Waals surface area (Å²) in [5.41, 5.74) is 1.42. The molecule has 0 amide bonds. The number of rotatable bonds is 3. The second-order valence-corrected chi connectivity index (χ2v) is 4.78. The quantitative estimate of drug-likeness (QED) is 0.514. The molecule has 0 unspecified atom stereocenters. The Hall–Kier alpha value is -2.17. The fourth-order valence-electron chi connectivity index (χ4n) is 2.19. The van der Waals surface area contributed by atoms with Crippen LogP contribution < -0.4 is 5.32 Å². The van der Waals surface area contributed by atoms with Gasteiger partial charge in [0, 0.05) is 35.5 Å². The van der Waals surface area contributed by atoms with Gasteiger partial charge in [0.1, 0.15) is 0 Å². The van der Waals surface area contributed by atoms with Gasteiger partial charge >= 0.3 is 0 Å². The Labute approximate surface area is 111 Å². The van der Waals surface area contributed by atoms with Crippen LogP contribution in [-0.2, 0) is 4.79 Å². The Morgan fingerprint density at radius 2 is 2.26 bits per heavy atom. The van der Waals surface area contributed by atoms with Crippen LogP contribution in [0.4, 0.5) is 11.4 Å². The van der Waals surface area contributed by atoms with Crippen molar-refractivity contribution < 1.29 is 9.72 Å². The van der Waals surface area contributed by atoms with Crippen LogP contribution in [-0.4, -0.2) is 10.7 Å². The molecule has 5 nitrogen and oxygen atoms in total. The summed E-state index contributed by atoms with van der Waals surface area (Å²) >= 11 is 0. The van der Waals surface area contributed by atoms with Gasteiger partial charge in [-0.05, 0) is 25.3 Å². The van der Waals surface area contributed by atoms with Crippen LogP contribution in [0.3, 0.4) is 0 Å². The fraction of sp³-hybridized carbons (Fsp3) is 0.357. The molecule has 1 aliphatic carbocycles. The number of nitro groups is 1. The number of ketones is 1. The number of hydrogen-bond donors (Lipinski definition) is 1. The highest BCUT2D eigenvalue weighted by molar-refractivity contribution is 5.97. The van der Waals surface area contributed by atoms with E-state index in [0.717, 1.165) is 24.8 Å². The van der Waals surface area contributed by atoms with E-state index in [0.29, 0.717) is 5.69 Å². The molecule has 1 atom stereocenters. The van der Waals surface area contributed by atoms with E-state index in [4.69, 9.17) is 0 Å². The van der Waals surface area contributed by atoms with Crippen molar-refractivity contribution >= 4 is 17.2 Å². The van der Waals surface area contributed by atoms with Gasteiger partial charge in [-0.3, -0.25) is 14.9 Å². The average Bonchev–Trinajstić information content (AvgIpc) is 2.41. The molecular weight excluding hydrogens is 244 g/mol. The number of carbonyl (C=O) groups is 1. The zero-order valence-corrected chi connectivity index (χ0v) is 10.8. The van der Waals surface area contributed by atoms with Crippen LogP contribution >= 0.6 is 0 Å². The number of hydrogen-bond acceptors (Lipinski definition) is 4. The summed E-state index contributed by atoms with van der Waals surface area (Å²) in [6.07, 6.45) is 4.39. The molecule has 5 heteroatoms. The molecule has 0 saturated heterocycles. The molecule has 1 fully saturated rings. The molecular formula is C14H16N2O3. The van der Waals surface area contributed by atoms with E-state index in [2.05, 4.69) is 5.32 Å². The third kappa shape index (κ3) is 3.19. The van der Waals surface area contributed by atoms with Crippen molar-refractivity contribution in [3.8, 4) is 0 Å². The minimum Gasteiger partial charge on any atom is -0.361 e. The van der Waals surface area contributed by atoms with E-state index in [9.17, 15) is 14.9 Å². The van der Waals surface area contributed by atoms with Crippen molar-refractivity contribution in [3.05, 3.63) is 46.2 Å². The third-order valence-corrected chi connectivity index (χ3v) is 3.32. The first-order valence-corrected chi connectivity index (χ1v) is 6.32. The minimum atomic E-state index is -0.438. The first-order valence-electron chi connectivity index (χ1n) is 6.32. The van der Waals surface area contributed by atoms with E-state index in [1.807, 2.05) is 6.92 Å². The van der Waals surface area contributed by atoms with Crippen LogP contribution in [0, 0.1) is 16.0 Å². The molecule has 0 aliphatic heterocycles. The smallest absolute Gasteiger partial charge is 0.271 e. The average molecular weight is 260 g/mol. The molecule has 1 N–H and O–H groups in total. The predicted molar refractivity (Wildman–Crippen MR) is 72.8 cm³/mol. The number of non-ortho nitro benzene ring substituents is 1. The summed E-state index contributed by atoms with van der Waals surface area (Å²) in [6, 6.07) is 6.24. The number of nitrogens with one attached hydrogen (secondary N) is 1. The predicted octanol–water partition coefficient (Wildman–Crippen LogP) is 3.28. The Kier molecular flexibility index (Phi) is 3.94. The van der Waals surface area contributed by atoms with Gasteiger partial charge in [0.2, 0.25) is 0 Å². The molecule has 0 heterocycles. The van der Waals surface area contributed by atoms with Crippen molar-refractivity contribution in [3.63, 3.8) is 0 Å². The fourth-order valence-corrected chi connectivity index (χ4v) is 2.19. The second kappa shape index (κ2) is 5.65. The van der Waals surface area contributed by atoms with Crippen LogP contribution in [0.5, 0.6) is 0 Å². The Morgan fingerprint density at radius 1 is 1.47 bits per heavy atom. The lowest BCUT2D eigenvalue weighted by Gasteiger charge is -2.19. The van der Waals surface area contributed by atoms with Crippen LogP contribution in [0.25, 0.3) is 0 Å². The summed E-state index contributed by atoms with van der Waals surface area (Å²) in [5.74, 6) is 0.246. The molecule has 19 heavy (non-hydrogen) atoms. The number of nitro benzene ring substituents is 1. The van der Waals surface area contributed by atoms with Gasteiger partial charge in [-0.25, -0.2) is 0 Å². The van der Waals surface area contributed by atoms with Gasteiger partial charge in [0.15, 0.2) is 5.78 Å². The van der Waals surface area contributed by atoms with Crippen molar-refractivity contribution in [2.45, 2.75) is 26.2 Å². The highest BCUT2D eigenvalue weighted by Crippen LogP contribution is 2.25. The lowest BCUT2D eigenvalue weighted by Crippen LogP contribution is -2.19. The lowest BCUT2D eigenvalue weighted by atomic mass is 9.86. The summed E-state index contributed by atoms with van der Waals surface area (Å²) in [6.45, 7) is 1.93. The molecule has 0 spiro atoms. The van der Waals surface area contributed by atoms with Crippen LogP contribution in [0.2, 0.25) is 0 Å². The topological polar surface area (TPSA) is 72.2 Å². The summed E-state index contributed by atoms with van der Waals surface area (Å²) < 4.78 is 0. The largest absolute Gasteiger partial charge is 0.361 e. The molecule has 2 rings (SSSR count). The monoisotopic (exact) mass is 260 g/mol. The molecule has 1 aromatic carbocycles. The standard InChI is InChI=1S/C14H16N2O3/c1-10-4-2-5-11(14(10)17)9-15-12-6-3-7-13(8-12)16(18)19/h3,6-10,15H,2,4-5H2,1H3/b11-9-/t10-/m0/s1. The Morgan fingerprint density at radius 3 is 3.00 bits per heavy atom. The van der Waals surface area contributed by atoms with Crippen molar-refractivity contribution in [1.29, 1.82) is 0 Å².